The van der Waals surface area contributed by atoms with Crippen LogP contribution in [0.25, 0.3) is 10.9 Å². The predicted octanol–water partition coefficient (Wildman–Crippen LogP) is 5.03. The van der Waals surface area contributed by atoms with E-state index in [1.54, 1.807) is 24.0 Å². The van der Waals surface area contributed by atoms with E-state index in [9.17, 15) is 22.5 Å². The molecule has 1 saturated heterocycles. The molecule has 1 aliphatic heterocycles. The Balaban J connectivity index is 1.70. The maximum absolute atomic E-state index is 13.7. The summed E-state index contributed by atoms with van der Waals surface area (Å²) in [6.07, 6.45) is -2.35. The molecule has 12 heteroatoms. The van der Waals surface area contributed by atoms with Gasteiger partial charge in [0.05, 0.1) is 23.3 Å². The van der Waals surface area contributed by atoms with Gasteiger partial charge in [-0.15, -0.1) is 0 Å². The van der Waals surface area contributed by atoms with Gasteiger partial charge in [0.15, 0.2) is 0 Å². The summed E-state index contributed by atoms with van der Waals surface area (Å²) in [5.41, 5.74) is 0.703. The smallest absolute Gasteiger partial charge is 0.363 e. The van der Waals surface area contributed by atoms with Crippen LogP contribution in [-0.4, -0.2) is 51.2 Å². The zero-order chi connectivity index (χ0) is 25.5. The molecular weight excluding hydrogens is 502 g/mol. The van der Waals surface area contributed by atoms with Crippen molar-refractivity contribution in [3.05, 3.63) is 52.4 Å². The molecule has 1 fully saturated rings. The molecule has 0 saturated carbocycles. The lowest BCUT2D eigenvalue weighted by Crippen LogP contribution is -2.40. The average Bonchev–Trinajstić information content (AvgIpc) is 2.78. The van der Waals surface area contributed by atoms with Crippen LogP contribution in [0.5, 0.6) is 0 Å². The van der Waals surface area contributed by atoms with Crippen molar-refractivity contribution in [2.75, 3.05) is 30.7 Å². The molecular formula is C23H24ClF3N5O2P. The largest absolute Gasteiger partial charge is 0.416 e. The predicted molar refractivity (Wildman–Crippen MR) is 130 cm³/mol. The first kappa shape index (κ1) is 25.4. The number of carbonyl (C=O) groups excluding carboxylic acids is 1. The fourth-order valence-electron chi connectivity index (χ4n) is 4.37. The molecule has 2 aromatic heterocycles. The van der Waals surface area contributed by atoms with E-state index in [1.807, 2.05) is 0 Å². The van der Waals surface area contributed by atoms with Crippen LogP contribution in [0, 0.1) is 6.92 Å². The number of rotatable bonds is 4. The van der Waals surface area contributed by atoms with Crippen molar-refractivity contribution in [1.29, 1.82) is 0 Å². The Bertz CT molecular complexity index is 1340. The summed E-state index contributed by atoms with van der Waals surface area (Å²) in [6, 6.07) is 5.16. The molecule has 0 radical (unpaired) electrons. The van der Waals surface area contributed by atoms with Crippen LogP contribution in [0.3, 0.4) is 0 Å². The van der Waals surface area contributed by atoms with Gasteiger partial charge in [-0.05, 0) is 48.7 Å². The minimum atomic E-state index is -4.46. The Hall–Kier alpha value is -2.71. The van der Waals surface area contributed by atoms with Crippen LogP contribution in [0.1, 0.15) is 36.6 Å². The van der Waals surface area contributed by atoms with Crippen LogP contribution >= 0.6 is 18.7 Å². The zero-order valence-corrected chi connectivity index (χ0v) is 21.0. The van der Waals surface area contributed by atoms with E-state index in [0.29, 0.717) is 53.1 Å². The number of carbonyl (C=O) groups is 1. The molecule has 0 aliphatic carbocycles. The molecule has 35 heavy (non-hydrogen) atoms. The van der Waals surface area contributed by atoms with Crippen LogP contribution in [0.4, 0.5) is 19.0 Å². The van der Waals surface area contributed by atoms with E-state index in [4.69, 9.17) is 11.6 Å². The number of amides is 1. The maximum atomic E-state index is 13.7. The second-order valence-corrected chi connectivity index (χ2v) is 12.1. The number of anilines is 1. The highest BCUT2D eigenvalue weighted by molar-refractivity contribution is 7.71. The highest BCUT2D eigenvalue weighted by Crippen LogP contribution is 2.46. The molecule has 4 rings (SSSR count). The number of nitrogens with zero attached hydrogens (tertiary/aromatic N) is 4. The normalized spacial score (nSPS) is 16.8. The Morgan fingerprint density at radius 2 is 1.91 bits per heavy atom. The fraction of sp³-hybridized carbons (Fsp3) is 0.391. The Morgan fingerprint density at radius 1 is 1.23 bits per heavy atom. The van der Waals surface area contributed by atoms with Gasteiger partial charge in [0.2, 0.25) is 11.2 Å². The quantitative estimate of drug-likeness (QED) is 0.380. The topological polar surface area (TPSA) is 88.1 Å². The van der Waals surface area contributed by atoms with Crippen LogP contribution in [0.2, 0.25) is 5.28 Å². The molecule has 0 unspecified atom stereocenters. The number of aromatic nitrogens is 3. The van der Waals surface area contributed by atoms with E-state index in [-0.39, 0.29) is 16.8 Å². The van der Waals surface area contributed by atoms with E-state index in [1.165, 1.54) is 26.1 Å². The molecule has 1 amide bonds. The van der Waals surface area contributed by atoms with Gasteiger partial charge in [0.25, 0.3) is 0 Å². The Morgan fingerprint density at radius 3 is 2.54 bits per heavy atom. The number of hydrogen-bond acceptors (Lipinski definition) is 6. The van der Waals surface area contributed by atoms with Crippen molar-refractivity contribution in [2.45, 2.75) is 33.0 Å². The first-order chi connectivity index (χ1) is 16.4. The number of pyridine rings is 1. The zero-order valence-electron chi connectivity index (χ0n) is 19.4. The average molecular weight is 526 g/mol. The van der Waals surface area contributed by atoms with Gasteiger partial charge < -0.3 is 14.8 Å². The van der Waals surface area contributed by atoms with Gasteiger partial charge in [-0.2, -0.15) is 13.2 Å². The van der Waals surface area contributed by atoms with Gasteiger partial charge in [0.1, 0.15) is 18.4 Å². The summed E-state index contributed by atoms with van der Waals surface area (Å²) in [5.74, 6) is 0.248. The number of fused-ring (bicyclic) bond motifs is 1. The van der Waals surface area contributed by atoms with Crippen LogP contribution in [0.15, 0.2) is 30.5 Å². The highest BCUT2D eigenvalue weighted by Gasteiger charge is 2.34. The highest BCUT2D eigenvalue weighted by atomic mass is 35.5. The van der Waals surface area contributed by atoms with Crippen LogP contribution in [-0.2, 0) is 15.5 Å². The van der Waals surface area contributed by atoms with Crippen LogP contribution < -0.4 is 10.8 Å². The number of hydrogen-bond donors (Lipinski definition) is 1. The summed E-state index contributed by atoms with van der Waals surface area (Å²) in [5, 5.41) is 3.61. The van der Waals surface area contributed by atoms with Gasteiger partial charge in [0, 0.05) is 37.7 Å². The maximum Gasteiger partial charge on any atom is 0.416 e. The number of nitrogens with one attached hydrogen (secondary N) is 1. The van der Waals surface area contributed by atoms with E-state index < -0.39 is 24.9 Å². The van der Waals surface area contributed by atoms with Crippen molar-refractivity contribution < 1.29 is 22.5 Å². The summed E-state index contributed by atoms with van der Waals surface area (Å²) in [7, 11) is -2.85. The minimum absolute atomic E-state index is 0.0519. The molecule has 1 aromatic carbocycles. The third-order valence-corrected chi connectivity index (χ3v) is 9.46. The monoisotopic (exact) mass is 525 g/mol. The minimum Gasteiger partial charge on any atom is -0.363 e. The van der Waals surface area contributed by atoms with Crippen molar-refractivity contribution in [2.24, 2.45) is 0 Å². The van der Waals surface area contributed by atoms with Gasteiger partial charge in [-0.3, -0.25) is 9.78 Å². The summed E-state index contributed by atoms with van der Waals surface area (Å²) in [4.78, 5) is 26.1. The molecule has 0 spiro atoms. The van der Waals surface area contributed by atoms with E-state index >= 15 is 0 Å². The van der Waals surface area contributed by atoms with Crippen molar-refractivity contribution in [3.8, 4) is 0 Å². The standard InChI is InChI=1S/C23H24ClF3N5O2P/c1-13-16(5-4-6-18(13)23(25,26)27)14(2)29-21-17-11-20(28-12-19(17)30-22(24)31-21)35(34)9-7-32(8-10-35)15(3)33/h4-6,11-12,14H,7-10H2,1-3H3,(H,29,30,31)/t14-/m1/s1. The Labute approximate surface area is 205 Å². The third kappa shape index (κ3) is 5.14. The van der Waals surface area contributed by atoms with Crippen molar-refractivity contribution >= 4 is 46.8 Å². The molecule has 1 aliphatic rings. The lowest BCUT2D eigenvalue weighted by Gasteiger charge is -2.31. The second kappa shape index (κ2) is 9.39. The van der Waals surface area contributed by atoms with Crippen molar-refractivity contribution in [3.63, 3.8) is 0 Å². The molecule has 1 N–H and O–H groups in total. The SMILES string of the molecule is CC(=O)N1CCP(=O)(c2cc3c(N[C@H](C)c4cccc(C(F)(F)F)c4C)nc(Cl)nc3cn2)CC1. The van der Waals surface area contributed by atoms with Gasteiger partial charge in [-0.25, -0.2) is 9.97 Å². The number of halogens is 4. The molecule has 7 nitrogen and oxygen atoms in total. The van der Waals surface area contributed by atoms with Crippen molar-refractivity contribution in [1.82, 2.24) is 19.9 Å². The number of benzene rings is 1. The molecule has 3 aromatic rings. The molecule has 0 bridgehead atoms. The molecule has 186 valence electrons. The third-order valence-electron chi connectivity index (χ3n) is 6.37. The van der Waals surface area contributed by atoms with Gasteiger partial charge >= 0.3 is 6.18 Å². The first-order valence-corrected chi connectivity index (χ1v) is 13.5. The fourth-order valence-corrected chi connectivity index (χ4v) is 6.99. The van der Waals surface area contributed by atoms with E-state index in [0.717, 1.165) is 6.07 Å². The van der Waals surface area contributed by atoms with Gasteiger partial charge in [-0.1, -0.05) is 12.1 Å². The van der Waals surface area contributed by atoms with E-state index in [2.05, 4.69) is 20.3 Å². The number of alkyl halides is 3. The summed E-state index contributed by atoms with van der Waals surface area (Å²) in [6.45, 7) is 5.42. The molecule has 1 atom stereocenters. The lowest BCUT2D eigenvalue weighted by atomic mass is 9.97. The summed E-state index contributed by atoms with van der Waals surface area (Å²) >= 11 is 6.10. The lowest BCUT2D eigenvalue weighted by molar-refractivity contribution is -0.138. The first-order valence-electron chi connectivity index (χ1n) is 11.0. The second-order valence-electron chi connectivity index (χ2n) is 8.63. The summed E-state index contributed by atoms with van der Waals surface area (Å²) < 4.78 is 53.8. The molecule has 3 heterocycles. The Kier molecular flexibility index (Phi) is 6.81.